The third-order valence-corrected chi connectivity index (χ3v) is 3.37. The van der Waals surface area contributed by atoms with Crippen molar-refractivity contribution < 1.29 is 14.6 Å². The predicted molar refractivity (Wildman–Crippen MR) is 69.6 cm³/mol. The minimum Gasteiger partial charge on any atom is -0.389 e. The molecule has 0 saturated carbocycles. The van der Waals surface area contributed by atoms with Gasteiger partial charge in [-0.15, -0.1) is 11.3 Å². The van der Waals surface area contributed by atoms with Crippen molar-refractivity contribution in [2.45, 2.75) is 19.1 Å². The second kappa shape index (κ2) is 6.79. The number of amides is 1. The minimum absolute atomic E-state index is 0.180. The molecule has 102 valence electrons. The second-order valence-electron chi connectivity index (χ2n) is 4.15. The lowest BCUT2D eigenvalue weighted by Crippen LogP contribution is -2.36. The first-order valence-electron chi connectivity index (χ1n) is 5.59. The van der Waals surface area contributed by atoms with E-state index in [9.17, 15) is 9.90 Å². The fourth-order valence-electron chi connectivity index (χ4n) is 1.43. The Morgan fingerprint density at radius 2 is 2.39 bits per heavy atom. The van der Waals surface area contributed by atoms with Gasteiger partial charge in [0.05, 0.1) is 18.8 Å². The summed E-state index contributed by atoms with van der Waals surface area (Å²) in [5.74, 6) is -0.228. The number of methoxy groups -OCH3 is 1. The maximum atomic E-state index is 12.0. The molecule has 2 atom stereocenters. The van der Waals surface area contributed by atoms with Crippen molar-refractivity contribution in [1.82, 2.24) is 9.88 Å². The van der Waals surface area contributed by atoms with Gasteiger partial charge in [-0.2, -0.15) is 0 Å². The van der Waals surface area contributed by atoms with Crippen molar-refractivity contribution in [2.75, 3.05) is 27.3 Å². The molecule has 7 heteroatoms. The Hall–Kier alpha value is -1.02. The molecule has 0 saturated heterocycles. The normalized spacial score (nSPS) is 14.3. The standard InChI is InChI=1S/C11H19N3O3S/c1-7(12)10-13-9(6-18-10)11(16)14(2)4-8(15)5-17-3/h6-8,15H,4-5,12H2,1-3H3. The van der Waals surface area contributed by atoms with Gasteiger partial charge in [-0.3, -0.25) is 4.79 Å². The zero-order chi connectivity index (χ0) is 13.7. The van der Waals surface area contributed by atoms with Crippen LogP contribution in [0.2, 0.25) is 0 Å². The van der Waals surface area contributed by atoms with Gasteiger partial charge >= 0.3 is 0 Å². The molecular formula is C11H19N3O3S. The van der Waals surface area contributed by atoms with E-state index in [0.717, 1.165) is 5.01 Å². The highest BCUT2D eigenvalue weighted by Crippen LogP contribution is 2.16. The van der Waals surface area contributed by atoms with Gasteiger partial charge in [0.25, 0.3) is 5.91 Å². The summed E-state index contributed by atoms with van der Waals surface area (Å²) in [7, 11) is 3.12. The number of rotatable bonds is 6. The van der Waals surface area contributed by atoms with Crippen LogP contribution in [0.5, 0.6) is 0 Å². The Kier molecular flexibility index (Phi) is 5.67. The van der Waals surface area contributed by atoms with E-state index < -0.39 is 6.10 Å². The molecule has 0 bridgehead atoms. The van der Waals surface area contributed by atoms with E-state index in [4.69, 9.17) is 10.5 Å². The van der Waals surface area contributed by atoms with E-state index in [1.54, 1.807) is 12.4 Å². The summed E-state index contributed by atoms with van der Waals surface area (Å²) in [6.07, 6.45) is -0.699. The average molecular weight is 273 g/mol. The number of hydrogen-bond acceptors (Lipinski definition) is 6. The number of hydrogen-bond donors (Lipinski definition) is 2. The van der Waals surface area contributed by atoms with Crippen molar-refractivity contribution in [1.29, 1.82) is 0 Å². The molecule has 0 aromatic carbocycles. The Labute approximate surface area is 110 Å². The van der Waals surface area contributed by atoms with Gasteiger partial charge in [0.1, 0.15) is 10.7 Å². The van der Waals surface area contributed by atoms with Crippen molar-refractivity contribution in [2.24, 2.45) is 5.73 Å². The Bertz CT molecular complexity index is 395. The molecule has 0 aliphatic rings. The maximum absolute atomic E-state index is 12.0. The molecule has 0 spiro atoms. The van der Waals surface area contributed by atoms with Gasteiger partial charge in [0.15, 0.2) is 0 Å². The third-order valence-electron chi connectivity index (χ3n) is 2.32. The summed E-state index contributed by atoms with van der Waals surface area (Å²) >= 11 is 1.36. The SMILES string of the molecule is COCC(O)CN(C)C(=O)c1csc(C(C)N)n1. The molecule has 1 rings (SSSR count). The van der Waals surface area contributed by atoms with Crippen LogP contribution in [0, 0.1) is 0 Å². The number of thiazole rings is 1. The maximum Gasteiger partial charge on any atom is 0.273 e. The van der Waals surface area contributed by atoms with E-state index in [1.807, 2.05) is 6.92 Å². The zero-order valence-electron chi connectivity index (χ0n) is 10.8. The van der Waals surface area contributed by atoms with Crippen LogP contribution in [-0.2, 0) is 4.74 Å². The Morgan fingerprint density at radius 1 is 1.72 bits per heavy atom. The molecule has 3 N–H and O–H groups in total. The number of aliphatic hydroxyl groups is 1. The third kappa shape index (κ3) is 4.02. The molecule has 0 radical (unpaired) electrons. The van der Waals surface area contributed by atoms with E-state index in [2.05, 4.69) is 4.98 Å². The first-order valence-corrected chi connectivity index (χ1v) is 6.47. The highest BCUT2D eigenvalue weighted by Gasteiger charge is 2.18. The summed E-state index contributed by atoms with van der Waals surface area (Å²) in [6.45, 7) is 2.22. The molecule has 0 fully saturated rings. The van der Waals surface area contributed by atoms with Crippen molar-refractivity contribution in [3.63, 3.8) is 0 Å². The van der Waals surface area contributed by atoms with Crippen LogP contribution < -0.4 is 5.73 Å². The van der Waals surface area contributed by atoms with E-state index in [-0.39, 0.29) is 25.1 Å². The predicted octanol–water partition coefficient (Wildman–Crippen LogP) is 0.242. The molecule has 1 heterocycles. The van der Waals surface area contributed by atoms with Crippen LogP contribution in [0.3, 0.4) is 0 Å². The van der Waals surface area contributed by atoms with Crippen molar-refractivity contribution in [3.05, 3.63) is 16.1 Å². The fraction of sp³-hybridized carbons (Fsp3) is 0.636. The number of nitrogens with zero attached hydrogens (tertiary/aromatic N) is 2. The number of carbonyl (C=O) groups excluding carboxylic acids is 1. The quantitative estimate of drug-likeness (QED) is 0.775. The van der Waals surface area contributed by atoms with Crippen LogP contribution in [0.25, 0.3) is 0 Å². The summed E-state index contributed by atoms with van der Waals surface area (Å²) in [6, 6.07) is -0.180. The summed E-state index contributed by atoms with van der Waals surface area (Å²) < 4.78 is 4.81. The number of ether oxygens (including phenoxy) is 1. The zero-order valence-corrected chi connectivity index (χ0v) is 11.6. The number of carbonyl (C=O) groups is 1. The number of likely N-dealkylation sites (N-methyl/N-ethyl adjacent to an activating group) is 1. The van der Waals surface area contributed by atoms with E-state index >= 15 is 0 Å². The van der Waals surface area contributed by atoms with E-state index in [0.29, 0.717) is 5.69 Å². The first-order chi connectivity index (χ1) is 8.45. The van der Waals surface area contributed by atoms with Gasteiger partial charge in [0, 0.05) is 26.1 Å². The fourth-order valence-corrected chi connectivity index (χ4v) is 2.19. The lowest BCUT2D eigenvalue weighted by atomic mass is 10.3. The highest BCUT2D eigenvalue weighted by molar-refractivity contribution is 7.09. The molecule has 0 aliphatic carbocycles. The van der Waals surface area contributed by atoms with Gasteiger partial charge in [-0.05, 0) is 6.92 Å². The molecule has 18 heavy (non-hydrogen) atoms. The first kappa shape index (κ1) is 15.0. The van der Waals surface area contributed by atoms with Gasteiger partial charge in [-0.25, -0.2) is 4.98 Å². The number of aromatic nitrogens is 1. The minimum atomic E-state index is -0.699. The highest BCUT2D eigenvalue weighted by atomic mass is 32.1. The molecule has 1 aromatic rings. The smallest absolute Gasteiger partial charge is 0.273 e. The van der Waals surface area contributed by atoms with Crippen LogP contribution in [0.15, 0.2) is 5.38 Å². The monoisotopic (exact) mass is 273 g/mol. The molecule has 6 nitrogen and oxygen atoms in total. The lowest BCUT2D eigenvalue weighted by molar-refractivity contribution is 0.0378. The molecular weight excluding hydrogens is 254 g/mol. The van der Waals surface area contributed by atoms with E-state index in [1.165, 1.54) is 23.3 Å². The second-order valence-corrected chi connectivity index (χ2v) is 5.04. The Morgan fingerprint density at radius 3 is 2.89 bits per heavy atom. The molecule has 1 amide bonds. The average Bonchev–Trinajstić information content (AvgIpc) is 2.77. The molecule has 0 aliphatic heterocycles. The Balaban J connectivity index is 2.62. The summed E-state index contributed by atoms with van der Waals surface area (Å²) in [5.41, 5.74) is 6.05. The number of aliphatic hydroxyl groups excluding tert-OH is 1. The lowest BCUT2D eigenvalue weighted by Gasteiger charge is -2.19. The van der Waals surface area contributed by atoms with Crippen LogP contribution in [0.1, 0.15) is 28.5 Å². The van der Waals surface area contributed by atoms with Gasteiger partial charge in [-0.1, -0.05) is 0 Å². The van der Waals surface area contributed by atoms with Gasteiger partial charge in [0.2, 0.25) is 0 Å². The molecule has 1 aromatic heterocycles. The topological polar surface area (TPSA) is 88.7 Å². The largest absolute Gasteiger partial charge is 0.389 e. The van der Waals surface area contributed by atoms with Crippen molar-refractivity contribution >= 4 is 17.2 Å². The van der Waals surface area contributed by atoms with Crippen molar-refractivity contribution in [3.8, 4) is 0 Å². The summed E-state index contributed by atoms with van der Waals surface area (Å²) in [5, 5.41) is 12.0. The van der Waals surface area contributed by atoms with Crippen LogP contribution >= 0.6 is 11.3 Å². The molecule has 2 unspecified atom stereocenters. The summed E-state index contributed by atoms with van der Waals surface area (Å²) in [4.78, 5) is 17.6. The van der Waals surface area contributed by atoms with Gasteiger partial charge < -0.3 is 20.5 Å². The number of nitrogens with two attached hydrogens (primary N) is 1. The van der Waals surface area contributed by atoms with Crippen LogP contribution in [-0.4, -0.2) is 54.3 Å². The van der Waals surface area contributed by atoms with Crippen LogP contribution in [0.4, 0.5) is 0 Å².